The maximum atomic E-state index is 9.66. The maximum absolute atomic E-state index is 9.66. The minimum absolute atomic E-state index is 0.101. The van der Waals surface area contributed by atoms with Crippen LogP contribution in [0.1, 0.15) is 18.4 Å². The molecule has 0 aliphatic carbocycles. The van der Waals surface area contributed by atoms with Crippen molar-refractivity contribution in [3.8, 4) is 11.5 Å². The molecule has 1 aliphatic rings. The Hall–Kier alpha value is -1.26. The number of hydrogen-bond donors (Lipinski definition) is 3. The summed E-state index contributed by atoms with van der Waals surface area (Å²) in [5.41, 5.74) is 0.830. The average Bonchev–Trinajstić information content (AvgIpc) is 2.28. The fraction of sp³-hybridized carbons (Fsp3) is 0.538. The lowest BCUT2D eigenvalue weighted by molar-refractivity contribution is 0.226. The molecular weight excluding hydrogens is 216 g/mol. The Morgan fingerprint density at radius 3 is 2.94 bits per heavy atom. The second-order valence-corrected chi connectivity index (χ2v) is 4.80. The highest BCUT2D eigenvalue weighted by Crippen LogP contribution is 2.22. The number of hydrogen-bond acceptors (Lipinski definition) is 4. The maximum Gasteiger partial charge on any atom is 0.123 e. The van der Waals surface area contributed by atoms with Crippen molar-refractivity contribution in [1.29, 1.82) is 0 Å². The molecular formula is C13H20N2O2. The van der Waals surface area contributed by atoms with Crippen LogP contribution >= 0.6 is 0 Å². The molecule has 2 rings (SSSR count). The highest BCUT2D eigenvalue weighted by atomic mass is 16.3. The van der Waals surface area contributed by atoms with E-state index in [4.69, 9.17) is 0 Å². The van der Waals surface area contributed by atoms with Crippen molar-refractivity contribution in [2.45, 2.75) is 25.4 Å². The number of benzene rings is 1. The first-order valence-electron chi connectivity index (χ1n) is 6.08. The molecule has 1 fully saturated rings. The molecule has 0 bridgehead atoms. The fourth-order valence-electron chi connectivity index (χ4n) is 2.29. The van der Waals surface area contributed by atoms with Crippen LogP contribution in [0.4, 0.5) is 0 Å². The molecule has 1 aromatic carbocycles. The first-order chi connectivity index (χ1) is 8.15. The minimum Gasteiger partial charge on any atom is -0.508 e. The van der Waals surface area contributed by atoms with E-state index >= 15 is 0 Å². The Labute approximate surface area is 102 Å². The molecule has 4 heteroatoms. The van der Waals surface area contributed by atoms with Crippen LogP contribution in [0.15, 0.2) is 18.2 Å². The monoisotopic (exact) mass is 236 g/mol. The summed E-state index contributed by atoms with van der Waals surface area (Å²) in [6.07, 6.45) is 2.40. The minimum atomic E-state index is 0.101. The van der Waals surface area contributed by atoms with Gasteiger partial charge in [0.1, 0.15) is 11.5 Å². The van der Waals surface area contributed by atoms with Crippen LogP contribution in [-0.2, 0) is 6.54 Å². The van der Waals surface area contributed by atoms with Crippen LogP contribution in [0, 0.1) is 0 Å². The van der Waals surface area contributed by atoms with Crippen LogP contribution in [0.25, 0.3) is 0 Å². The molecule has 1 saturated heterocycles. The predicted octanol–water partition coefficient (Wildman–Crippen LogP) is 1.28. The zero-order valence-corrected chi connectivity index (χ0v) is 10.2. The Balaban J connectivity index is 1.88. The zero-order valence-electron chi connectivity index (χ0n) is 10.2. The Bertz CT molecular complexity index is 382. The molecule has 1 heterocycles. The lowest BCUT2D eigenvalue weighted by atomic mass is 10.1. The van der Waals surface area contributed by atoms with E-state index < -0.39 is 0 Å². The second-order valence-electron chi connectivity index (χ2n) is 4.80. The van der Waals surface area contributed by atoms with Gasteiger partial charge in [0, 0.05) is 30.8 Å². The lowest BCUT2D eigenvalue weighted by Gasteiger charge is -2.30. The van der Waals surface area contributed by atoms with Gasteiger partial charge in [-0.3, -0.25) is 0 Å². The number of aromatic hydroxyl groups is 2. The molecule has 1 aliphatic heterocycles. The van der Waals surface area contributed by atoms with E-state index in [2.05, 4.69) is 17.3 Å². The van der Waals surface area contributed by atoms with Gasteiger partial charge >= 0.3 is 0 Å². The standard InChI is InChI=1S/C13H20N2O2/c1-15-6-2-3-11(9-15)14-8-10-4-5-12(16)7-13(10)17/h4-5,7,11,14,16-17H,2-3,6,8-9H2,1H3. The largest absolute Gasteiger partial charge is 0.508 e. The van der Waals surface area contributed by atoms with E-state index in [1.165, 1.54) is 25.5 Å². The van der Waals surface area contributed by atoms with Crippen molar-refractivity contribution < 1.29 is 10.2 Å². The smallest absolute Gasteiger partial charge is 0.123 e. The molecule has 1 unspecified atom stereocenters. The number of likely N-dealkylation sites (N-methyl/N-ethyl adjacent to an activating group) is 1. The normalized spacial score (nSPS) is 21.6. The van der Waals surface area contributed by atoms with E-state index in [1.54, 1.807) is 12.1 Å². The summed E-state index contributed by atoms with van der Waals surface area (Å²) < 4.78 is 0. The van der Waals surface area contributed by atoms with Gasteiger partial charge in [-0.25, -0.2) is 0 Å². The van der Waals surface area contributed by atoms with Gasteiger partial charge in [0.25, 0.3) is 0 Å². The molecule has 1 aromatic rings. The fourth-order valence-corrected chi connectivity index (χ4v) is 2.29. The molecule has 0 aromatic heterocycles. The third-order valence-electron chi connectivity index (χ3n) is 3.27. The Kier molecular flexibility index (Phi) is 3.86. The number of piperidine rings is 1. The Morgan fingerprint density at radius 1 is 1.41 bits per heavy atom. The van der Waals surface area contributed by atoms with Crippen LogP contribution < -0.4 is 5.32 Å². The summed E-state index contributed by atoms with van der Waals surface area (Å²) in [5.74, 6) is 0.255. The number of phenolic OH excluding ortho intramolecular Hbond substituents is 2. The summed E-state index contributed by atoms with van der Waals surface area (Å²) in [7, 11) is 2.13. The van der Waals surface area contributed by atoms with Crippen LogP contribution in [0.2, 0.25) is 0 Å². The van der Waals surface area contributed by atoms with Crippen molar-refractivity contribution in [2.75, 3.05) is 20.1 Å². The third-order valence-corrected chi connectivity index (χ3v) is 3.27. The number of likely N-dealkylation sites (tertiary alicyclic amines) is 1. The van der Waals surface area contributed by atoms with E-state index in [-0.39, 0.29) is 11.5 Å². The van der Waals surface area contributed by atoms with E-state index in [0.717, 1.165) is 12.1 Å². The summed E-state index contributed by atoms with van der Waals surface area (Å²) in [6.45, 7) is 2.87. The van der Waals surface area contributed by atoms with Crippen molar-refractivity contribution >= 4 is 0 Å². The highest BCUT2D eigenvalue weighted by molar-refractivity contribution is 5.38. The van der Waals surface area contributed by atoms with Crippen molar-refractivity contribution in [3.63, 3.8) is 0 Å². The van der Waals surface area contributed by atoms with Crippen molar-refractivity contribution in [2.24, 2.45) is 0 Å². The predicted molar refractivity (Wildman–Crippen MR) is 67.1 cm³/mol. The summed E-state index contributed by atoms with van der Waals surface area (Å²) in [4.78, 5) is 2.32. The SMILES string of the molecule is CN1CCCC(NCc2ccc(O)cc2O)C1. The zero-order chi connectivity index (χ0) is 12.3. The number of rotatable bonds is 3. The van der Waals surface area contributed by atoms with Gasteiger partial charge in [0.2, 0.25) is 0 Å². The van der Waals surface area contributed by atoms with Gasteiger partial charge < -0.3 is 20.4 Å². The van der Waals surface area contributed by atoms with Crippen molar-refractivity contribution in [3.05, 3.63) is 23.8 Å². The number of nitrogens with one attached hydrogen (secondary N) is 1. The molecule has 0 saturated carbocycles. The Morgan fingerprint density at radius 2 is 2.24 bits per heavy atom. The van der Waals surface area contributed by atoms with E-state index in [1.807, 2.05) is 0 Å². The quantitative estimate of drug-likeness (QED) is 0.740. The van der Waals surface area contributed by atoms with Crippen LogP contribution in [0.5, 0.6) is 11.5 Å². The summed E-state index contributed by atoms with van der Waals surface area (Å²) in [6, 6.07) is 5.22. The third kappa shape index (κ3) is 3.35. The lowest BCUT2D eigenvalue weighted by Crippen LogP contribution is -2.43. The molecule has 0 radical (unpaired) electrons. The van der Waals surface area contributed by atoms with E-state index in [9.17, 15) is 10.2 Å². The van der Waals surface area contributed by atoms with E-state index in [0.29, 0.717) is 12.6 Å². The average molecular weight is 236 g/mol. The first kappa shape index (κ1) is 12.2. The first-order valence-corrected chi connectivity index (χ1v) is 6.08. The van der Waals surface area contributed by atoms with Gasteiger partial charge in [-0.2, -0.15) is 0 Å². The van der Waals surface area contributed by atoms with Gasteiger partial charge in [-0.1, -0.05) is 6.07 Å². The van der Waals surface area contributed by atoms with Gasteiger partial charge in [-0.15, -0.1) is 0 Å². The van der Waals surface area contributed by atoms with Gasteiger partial charge in [0.05, 0.1) is 0 Å². The van der Waals surface area contributed by atoms with Gasteiger partial charge in [-0.05, 0) is 32.5 Å². The molecule has 17 heavy (non-hydrogen) atoms. The summed E-state index contributed by atoms with van der Waals surface area (Å²) >= 11 is 0. The van der Waals surface area contributed by atoms with Crippen LogP contribution in [0.3, 0.4) is 0 Å². The van der Waals surface area contributed by atoms with Crippen molar-refractivity contribution in [1.82, 2.24) is 10.2 Å². The number of phenols is 2. The highest BCUT2D eigenvalue weighted by Gasteiger charge is 2.16. The summed E-state index contributed by atoms with van der Waals surface area (Å²) in [5, 5.41) is 22.3. The van der Waals surface area contributed by atoms with Gasteiger partial charge in [0.15, 0.2) is 0 Å². The number of nitrogens with zero attached hydrogens (tertiary/aromatic N) is 1. The molecule has 3 N–H and O–H groups in total. The molecule has 0 spiro atoms. The second kappa shape index (κ2) is 5.38. The molecule has 1 atom stereocenters. The molecule has 94 valence electrons. The molecule has 4 nitrogen and oxygen atoms in total. The topological polar surface area (TPSA) is 55.7 Å². The molecule has 0 amide bonds. The van der Waals surface area contributed by atoms with Crippen LogP contribution in [-0.4, -0.2) is 41.3 Å².